The van der Waals surface area contributed by atoms with Crippen molar-refractivity contribution >= 4 is 28.0 Å². The number of carboxylic acid groups (broad SMARTS) is 1. The number of aryl methyl sites for hydroxylation is 1. The molecule has 0 radical (unpaired) electrons. The fourth-order valence-corrected chi connectivity index (χ4v) is 4.35. The second-order valence-electron chi connectivity index (χ2n) is 7.13. The number of benzene rings is 2. The first-order valence-electron chi connectivity index (χ1n) is 9.46. The first kappa shape index (κ1) is 20.2. The van der Waals surface area contributed by atoms with Crippen LogP contribution in [0.25, 0.3) is 11.1 Å². The van der Waals surface area contributed by atoms with E-state index in [-0.39, 0.29) is 18.9 Å². The first-order valence-corrected chi connectivity index (χ1v) is 10.3. The van der Waals surface area contributed by atoms with Crippen LogP contribution in [0.1, 0.15) is 22.7 Å². The van der Waals surface area contributed by atoms with Gasteiger partial charge in [0.2, 0.25) is 0 Å². The highest BCUT2D eigenvalue weighted by Gasteiger charge is 2.30. The smallest absolute Gasteiger partial charge is 0.407 e. The molecule has 4 rings (SSSR count). The molecule has 154 valence electrons. The molecule has 8 heteroatoms. The number of carboxylic acids is 1. The van der Waals surface area contributed by atoms with Crippen molar-refractivity contribution in [3.05, 3.63) is 76.0 Å². The minimum absolute atomic E-state index is 0.0800. The van der Waals surface area contributed by atoms with E-state index in [4.69, 9.17) is 4.74 Å². The Balaban J connectivity index is 1.45. The second-order valence-corrected chi connectivity index (χ2v) is 7.98. The van der Waals surface area contributed by atoms with Crippen LogP contribution in [0.15, 0.2) is 59.2 Å². The van der Waals surface area contributed by atoms with Crippen LogP contribution in [-0.2, 0) is 23.0 Å². The standard InChI is InChI=1S/C22H20BrN3O4/c1-26-20(18(23)11-24-26)10-19(21(27)28)25-22(29)30-12-17-15-8-4-2-6-13(15)14-7-3-5-9-16(14)17/h2-9,11,17,19H,10,12H2,1H3,(H,25,29)(H,27,28). The number of rotatable bonds is 6. The SMILES string of the molecule is Cn1ncc(Br)c1CC(NC(=O)OCC1c2ccccc2-c2ccccc21)C(=O)O. The number of nitrogens with zero attached hydrogens (tertiary/aromatic N) is 2. The number of nitrogens with one attached hydrogen (secondary N) is 1. The van der Waals surface area contributed by atoms with E-state index in [9.17, 15) is 14.7 Å². The van der Waals surface area contributed by atoms with Gasteiger partial charge in [0.05, 0.1) is 16.4 Å². The number of hydrogen-bond acceptors (Lipinski definition) is 4. The lowest BCUT2D eigenvalue weighted by Crippen LogP contribution is -2.43. The predicted molar refractivity (Wildman–Crippen MR) is 114 cm³/mol. The van der Waals surface area contributed by atoms with E-state index in [1.807, 2.05) is 36.4 Å². The van der Waals surface area contributed by atoms with Gasteiger partial charge in [-0.05, 0) is 38.2 Å². The molecule has 1 aliphatic carbocycles. The maximum absolute atomic E-state index is 12.4. The summed E-state index contributed by atoms with van der Waals surface area (Å²) in [6, 6.07) is 14.9. The Morgan fingerprint density at radius 2 is 1.77 bits per heavy atom. The van der Waals surface area contributed by atoms with Crippen molar-refractivity contribution in [1.29, 1.82) is 0 Å². The fourth-order valence-electron chi connectivity index (χ4n) is 3.84. The van der Waals surface area contributed by atoms with Gasteiger partial charge in [-0.3, -0.25) is 4.68 Å². The van der Waals surface area contributed by atoms with Crippen molar-refractivity contribution in [3.63, 3.8) is 0 Å². The minimum Gasteiger partial charge on any atom is -0.480 e. The topological polar surface area (TPSA) is 93.5 Å². The molecule has 0 spiro atoms. The van der Waals surface area contributed by atoms with E-state index in [0.29, 0.717) is 10.2 Å². The van der Waals surface area contributed by atoms with Gasteiger partial charge >= 0.3 is 12.1 Å². The molecule has 0 bridgehead atoms. The third kappa shape index (κ3) is 3.82. The number of halogens is 1. The molecule has 2 N–H and O–H groups in total. The zero-order chi connectivity index (χ0) is 21.3. The number of ether oxygens (including phenoxy) is 1. The van der Waals surface area contributed by atoms with Crippen LogP contribution < -0.4 is 5.32 Å². The van der Waals surface area contributed by atoms with Gasteiger partial charge in [-0.2, -0.15) is 5.10 Å². The number of aliphatic carboxylic acids is 1. The van der Waals surface area contributed by atoms with Gasteiger partial charge in [-0.1, -0.05) is 48.5 Å². The van der Waals surface area contributed by atoms with Crippen LogP contribution >= 0.6 is 15.9 Å². The Kier molecular flexibility index (Phi) is 5.59. The molecule has 0 fully saturated rings. The van der Waals surface area contributed by atoms with Gasteiger partial charge in [-0.15, -0.1) is 0 Å². The molecule has 0 saturated heterocycles. The van der Waals surface area contributed by atoms with Gasteiger partial charge in [0.25, 0.3) is 0 Å². The monoisotopic (exact) mass is 469 g/mol. The number of amides is 1. The summed E-state index contributed by atoms with van der Waals surface area (Å²) in [6.07, 6.45) is 0.903. The van der Waals surface area contributed by atoms with Crippen molar-refractivity contribution in [2.45, 2.75) is 18.4 Å². The molecule has 1 aliphatic rings. The van der Waals surface area contributed by atoms with Gasteiger partial charge < -0.3 is 15.2 Å². The summed E-state index contributed by atoms with van der Waals surface area (Å²) >= 11 is 3.35. The van der Waals surface area contributed by atoms with Crippen molar-refractivity contribution in [2.75, 3.05) is 6.61 Å². The Bertz CT molecular complexity index is 1050. The highest BCUT2D eigenvalue weighted by atomic mass is 79.9. The molecular weight excluding hydrogens is 450 g/mol. The Morgan fingerprint density at radius 1 is 1.17 bits per heavy atom. The lowest BCUT2D eigenvalue weighted by molar-refractivity contribution is -0.139. The lowest BCUT2D eigenvalue weighted by atomic mass is 9.98. The number of alkyl carbamates (subject to hydrolysis) is 1. The average molecular weight is 470 g/mol. The molecule has 0 aliphatic heterocycles. The Labute approximate surface area is 181 Å². The van der Waals surface area contributed by atoms with Crippen LogP contribution in [0.4, 0.5) is 4.79 Å². The largest absolute Gasteiger partial charge is 0.480 e. The summed E-state index contributed by atoms with van der Waals surface area (Å²) in [5.41, 5.74) is 5.12. The van der Waals surface area contributed by atoms with Gasteiger partial charge in [0, 0.05) is 19.4 Å². The van der Waals surface area contributed by atoms with Gasteiger partial charge in [0.15, 0.2) is 0 Å². The first-order chi connectivity index (χ1) is 14.5. The Hall–Kier alpha value is -3.13. The highest BCUT2D eigenvalue weighted by molar-refractivity contribution is 9.10. The summed E-state index contributed by atoms with van der Waals surface area (Å²) in [7, 11) is 1.71. The maximum Gasteiger partial charge on any atom is 0.407 e. The van der Waals surface area contributed by atoms with Gasteiger partial charge in [0.1, 0.15) is 12.6 Å². The van der Waals surface area contributed by atoms with E-state index in [1.54, 1.807) is 17.9 Å². The summed E-state index contributed by atoms with van der Waals surface area (Å²) in [5, 5.41) is 16.1. The molecule has 1 heterocycles. The second kappa shape index (κ2) is 8.31. The molecule has 0 saturated carbocycles. The highest BCUT2D eigenvalue weighted by Crippen LogP contribution is 2.44. The molecular formula is C22H20BrN3O4. The third-order valence-electron chi connectivity index (χ3n) is 5.34. The van der Waals surface area contributed by atoms with E-state index in [1.165, 1.54) is 0 Å². The van der Waals surface area contributed by atoms with Crippen LogP contribution in [0.3, 0.4) is 0 Å². The normalized spacial score (nSPS) is 13.4. The van der Waals surface area contributed by atoms with E-state index >= 15 is 0 Å². The Morgan fingerprint density at radius 3 is 2.30 bits per heavy atom. The number of hydrogen-bond donors (Lipinski definition) is 2. The molecule has 2 aromatic carbocycles. The zero-order valence-corrected chi connectivity index (χ0v) is 17.8. The predicted octanol–water partition coefficient (Wildman–Crippen LogP) is 3.72. The summed E-state index contributed by atoms with van der Waals surface area (Å²) in [6.45, 7) is 0.127. The molecule has 7 nitrogen and oxygen atoms in total. The van der Waals surface area contributed by atoms with Crippen molar-refractivity contribution in [2.24, 2.45) is 7.05 Å². The molecule has 1 atom stereocenters. The summed E-state index contributed by atoms with van der Waals surface area (Å²) in [4.78, 5) is 24.1. The lowest BCUT2D eigenvalue weighted by Gasteiger charge is -2.17. The van der Waals surface area contributed by atoms with Crippen molar-refractivity contribution in [1.82, 2.24) is 15.1 Å². The van der Waals surface area contributed by atoms with E-state index < -0.39 is 18.1 Å². The number of carbonyl (C=O) groups excluding carboxylic acids is 1. The molecule has 1 aromatic heterocycles. The summed E-state index contributed by atoms with van der Waals surface area (Å²) in [5.74, 6) is -1.23. The fraction of sp³-hybridized carbons (Fsp3) is 0.227. The molecule has 3 aromatic rings. The van der Waals surface area contributed by atoms with Crippen molar-refractivity contribution in [3.8, 4) is 11.1 Å². The zero-order valence-electron chi connectivity index (χ0n) is 16.2. The average Bonchev–Trinajstić information content (AvgIpc) is 3.23. The maximum atomic E-state index is 12.4. The van der Waals surface area contributed by atoms with E-state index in [0.717, 1.165) is 22.3 Å². The summed E-state index contributed by atoms with van der Waals surface area (Å²) < 4.78 is 7.71. The molecule has 30 heavy (non-hydrogen) atoms. The number of fused-ring (bicyclic) bond motifs is 3. The number of aromatic nitrogens is 2. The minimum atomic E-state index is -1.14. The molecule has 1 amide bonds. The van der Waals surface area contributed by atoms with Crippen LogP contribution in [-0.4, -0.2) is 39.6 Å². The van der Waals surface area contributed by atoms with Crippen LogP contribution in [0.2, 0.25) is 0 Å². The quantitative estimate of drug-likeness (QED) is 0.573. The third-order valence-corrected chi connectivity index (χ3v) is 6.00. The van der Waals surface area contributed by atoms with Crippen LogP contribution in [0, 0.1) is 0 Å². The van der Waals surface area contributed by atoms with Gasteiger partial charge in [-0.25, -0.2) is 9.59 Å². The van der Waals surface area contributed by atoms with Crippen molar-refractivity contribution < 1.29 is 19.4 Å². The molecule has 1 unspecified atom stereocenters. The number of carbonyl (C=O) groups is 2. The van der Waals surface area contributed by atoms with Crippen LogP contribution in [0.5, 0.6) is 0 Å². The van der Waals surface area contributed by atoms with E-state index in [2.05, 4.69) is 38.5 Å².